The highest BCUT2D eigenvalue weighted by atomic mass is 79.9. The lowest BCUT2D eigenvalue weighted by atomic mass is 9.86. The Morgan fingerprint density at radius 2 is 2.04 bits per heavy atom. The molecule has 0 saturated heterocycles. The van der Waals surface area contributed by atoms with E-state index in [9.17, 15) is 4.79 Å². The predicted octanol–water partition coefficient (Wildman–Crippen LogP) is 4.29. The molecule has 1 aromatic heterocycles. The number of hydrogen-bond acceptors (Lipinski definition) is 5. The molecule has 2 aromatic rings. The Balaban J connectivity index is 1.51. The summed E-state index contributed by atoms with van der Waals surface area (Å²) in [4.78, 5) is 12.1. The monoisotopic (exact) mass is 409 g/mol. The first kappa shape index (κ1) is 17.5. The maximum absolute atomic E-state index is 12.1. The van der Waals surface area contributed by atoms with E-state index in [1.165, 1.54) is 31.0 Å². The highest BCUT2D eigenvalue weighted by Gasteiger charge is 2.23. The van der Waals surface area contributed by atoms with Crippen LogP contribution in [0.4, 0.5) is 0 Å². The summed E-state index contributed by atoms with van der Waals surface area (Å²) >= 11 is 4.67. The van der Waals surface area contributed by atoms with Gasteiger partial charge in [0.25, 0.3) is 5.22 Å². The normalized spacial score (nSPS) is 20.8. The summed E-state index contributed by atoms with van der Waals surface area (Å²) in [5.41, 5.74) is 0.859. The molecule has 1 fully saturated rings. The average Bonchev–Trinajstić information content (AvgIpc) is 3.05. The Bertz CT molecular complexity index is 689. The van der Waals surface area contributed by atoms with E-state index >= 15 is 0 Å². The molecular formula is C17H20BrN3O2S. The number of benzene rings is 1. The molecule has 7 heteroatoms. The first-order valence-electron chi connectivity index (χ1n) is 8.13. The van der Waals surface area contributed by atoms with Gasteiger partial charge in [0.15, 0.2) is 0 Å². The second kappa shape index (κ2) is 8.16. The summed E-state index contributed by atoms with van der Waals surface area (Å²) in [7, 11) is 0. The molecule has 24 heavy (non-hydrogen) atoms. The van der Waals surface area contributed by atoms with Gasteiger partial charge in [-0.25, -0.2) is 0 Å². The molecule has 1 aliphatic rings. The Hall–Kier alpha value is -1.34. The molecule has 2 atom stereocenters. The van der Waals surface area contributed by atoms with Crippen LogP contribution in [0.2, 0.25) is 0 Å². The maximum atomic E-state index is 12.1. The van der Waals surface area contributed by atoms with Crippen LogP contribution < -0.4 is 5.32 Å². The van der Waals surface area contributed by atoms with Gasteiger partial charge in [0.05, 0.1) is 5.75 Å². The van der Waals surface area contributed by atoms with Gasteiger partial charge in [-0.3, -0.25) is 4.79 Å². The van der Waals surface area contributed by atoms with Crippen LogP contribution in [0.3, 0.4) is 0 Å². The number of nitrogens with one attached hydrogen (secondary N) is 1. The standard InChI is InChI=1S/C17H20BrN3O2S/c1-11-4-2-3-5-14(11)19-15(22)10-24-17-21-20-16(23-17)12-6-8-13(18)9-7-12/h6-9,11,14H,2-5,10H2,1H3,(H,19,22)/t11-,14-/m0/s1. The summed E-state index contributed by atoms with van der Waals surface area (Å²) in [6, 6.07) is 7.95. The van der Waals surface area contributed by atoms with Gasteiger partial charge in [0.2, 0.25) is 11.8 Å². The van der Waals surface area contributed by atoms with Gasteiger partial charge in [-0.05, 0) is 43.0 Å². The second-order valence-corrected chi connectivity index (χ2v) is 7.95. The van der Waals surface area contributed by atoms with Crippen LogP contribution in [-0.4, -0.2) is 27.9 Å². The van der Waals surface area contributed by atoms with E-state index in [0.29, 0.717) is 28.8 Å². The molecule has 1 aliphatic carbocycles. The van der Waals surface area contributed by atoms with E-state index in [1.807, 2.05) is 24.3 Å². The van der Waals surface area contributed by atoms with Gasteiger partial charge >= 0.3 is 0 Å². The zero-order chi connectivity index (χ0) is 16.9. The van der Waals surface area contributed by atoms with Crippen molar-refractivity contribution in [3.05, 3.63) is 28.7 Å². The number of hydrogen-bond donors (Lipinski definition) is 1. The summed E-state index contributed by atoms with van der Waals surface area (Å²) < 4.78 is 6.61. The van der Waals surface area contributed by atoms with Crippen molar-refractivity contribution in [1.29, 1.82) is 0 Å². The highest BCUT2D eigenvalue weighted by molar-refractivity contribution is 9.10. The maximum Gasteiger partial charge on any atom is 0.277 e. The Morgan fingerprint density at radius 3 is 2.79 bits per heavy atom. The van der Waals surface area contributed by atoms with Crippen LogP contribution >= 0.6 is 27.7 Å². The number of rotatable bonds is 5. The zero-order valence-electron chi connectivity index (χ0n) is 13.5. The number of halogens is 1. The number of carbonyl (C=O) groups excluding carboxylic acids is 1. The van der Waals surface area contributed by atoms with Crippen molar-refractivity contribution in [3.8, 4) is 11.5 Å². The summed E-state index contributed by atoms with van der Waals surface area (Å²) in [5.74, 6) is 1.35. The molecule has 128 valence electrons. The van der Waals surface area contributed by atoms with Gasteiger partial charge in [-0.2, -0.15) is 0 Å². The van der Waals surface area contributed by atoms with Crippen LogP contribution in [0.25, 0.3) is 11.5 Å². The minimum Gasteiger partial charge on any atom is -0.411 e. The topological polar surface area (TPSA) is 68.0 Å². The van der Waals surface area contributed by atoms with Crippen LogP contribution in [0.15, 0.2) is 38.4 Å². The minimum atomic E-state index is 0.0298. The molecule has 0 unspecified atom stereocenters. The molecule has 3 rings (SSSR count). The van der Waals surface area contributed by atoms with Gasteiger partial charge in [0.1, 0.15) is 0 Å². The molecule has 0 radical (unpaired) electrons. The molecule has 1 heterocycles. The van der Waals surface area contributed by atoms with Crippen molar-refractivity contribution >= 4 is 33.6 Å². The lowest BCUT2D eigenvalue weighted by Crippen LogP contribution is -2.41. The number of aromatic nitrogens is 2. The molecule has 0 bridgehead atoms. The Kier molecular flexibility index (Phi) is 5.94. The van der Waals surface area contributed by atoms with E-state index < -0.39 is 0 Å². The van der Waals surface area contributed by atoms with Crippen molar-refractivity contribution < 1.29 is 9.21 Å². The Morgan fingerprint density at radius 1 is 1.29 bits per heavy atom. The summed E-state index contributed by atoms with van der Waals surface area (Å²) in [6.07, 6.45) is 4.73. The van der Waals surface area contributed by atoms with Gasteiger partial charge < -0.3 is 9.73 Å². The fourth-order valence-corrected chi connectivity index (χ4v) is 3.72. The van der Waals surface area contributed by atoms with Crippen LogP contribution in [0.5, 0.6) is 0 Å². The van der Waals surface area contributed by atoms with E-state index in [4.69, 9.17) is 4.42 Å². The third-order valence-corrected chi connectivity index (χ3v) is 5.63. The number of nitrogens with zero attached hydrogens (tertiary/aromatic N) is 2. The largest absolute Gasteiger partial charge is 0.411 e. The molecule has 0 spiro atoms. The molecular weight excluding hydrogens is 390 g/mol. The number of amides is 1. The van der Waals surface area contributed by atoms with Gasteiger partial charge in [-0.15, -0.1) is 10.2 Å². The fourth-order valence-electron chi connectivity index (χ4n) is 2.88. The lowest BCUT2D eigenvalue weighted by Gasteiger charge is -2.29. The van der Waals surface area contributed by atoms with Crippen molar-refractivity contribution in [2.45, 2.75) is 43.9 Å². The molecule has 1 N–H and O–H groups in total. The molecule has 1 amide bonds. The smallest absolute Gasteiger partial charge is 0.277 e. The molecule has 5 nitrogen and oxygen atoms in total. The van der Waals surface area contributed by atoms with Gasteiger partial charge in [0, 0.05) is 16.1 Å². The SMILES string of the molecule is C[C@H]1CCCC[C@@H]1NC(=O)CSc1nnc(-c2ccc(Br)cc2)o1. The molecule has 1 saturated carbocycles. The first-order chi connectivity index (χ1) is 11.6. The number of thioether (sulfide) groups is 1. The average molecular weight is 410 g/mol. The Labute approximate surface area is 154 Å². The van der Waals surface area contributed by atoms with Crippen LogP contribution in [0, 0.1) is 5.92 Å². The van der Waals surface area contributed by atoms with E-state index in [0.717, 1.165) is 16.5 Å². The lowest BCUT2D eigenvalue weighted by molar-refractivity contribution is -0.119. The number of carbonyl (C=O) groups is 1. The van der Waals surface area contributed by atoms with Crippen molar-refractivity contribution in [2.75, 3.05) is 5.75 Å². The minimum absolute atomic E-state index is 0.0298. The summed E-state index contributed by atoms with van der Waals surface area (Å²) in [6.45, 7) is 2.21. The third-order valence-electron chi connectivity index (χ3n) is 4.28. The van der Waals surface area contributed by atoms with Crippen molar-refractivity contribution in [1.82, 2.24) is 15.5 Å². The molecule has 0 aliphatic heterocycles. The van der Waals surface area contributed by atoms with E-state index in [-0.39, 0.29) is 5.91 Å². The van der Waals surface area contributed by atoms with Crippen LogP contribution in [0.1, 0.15) is 32.6 Å². The first-order valence-corrected chi connectivity index (χ1v) is 9.91. The highest BCUT2D eigenvalue weighted by Crippen LogP contribution is 2.26. The fraction of sp³-hybridized carbons (Fsp3) is 0.471. The molecule has 1 aromatic carbocycles. The van der Waals surface area contributed by atoms with Crippen molar-refractivity contribution in [2.24, 2.45) is 5.92 Å². The predicted molar refractivity (Wildman–Crippen MR) is 97.7 cm³/mol. The van der Waals surface area contributed by atoms with Gasteiger partial charge in [-0.1, -0.05) is 47.5 Å². The van der Waals surface area contributed by atoms with Crippen molar-refractivity contribution in [3.63, 3.8) is 0 Å². The zero-order valence-corrected chi connectivity index (χ0v) is 15.9. The van der Waals surface area contributed by atoms with E-state index in [1.54, 1.807) is 0 Å². The second-order valence-electron chi connectivity index (χ2n) is 6.10. The van der Waals surface area contributed by atoms with Crippen LogP contribution in [-0.2, 0) is 4.79 Å². The van der Waals surface area contributed by atoms with E-state index in [2.05, 4.69) is 38.4 Å². The third kappa shape index (κ3) is 4.60. The summed E-state index contributed by atoms with van der Waals surface area (Å²) in [5, 5.41) is 11.6. The quantitative estimate of drug-likeness (QED) is 0.745.